The highest BCUT2D eigenvalue weighted by atomic mass is 16.5. The Balaban J connectivity index is 1.56. The Morgan fingerprint density at radius 3 is 2.70 bits per heavy atom. The Labute approximate surface area is 158 Å². The van der Waals surface area contributed by atoms with E-state index in [1.165, 1.54) is 4.68 Å². The standard InChI is InChI=1S/C20H26N4O3/c1-14(16-5-4-6-18(11-16)27-3)22-20(26)15-7-9-24(10-8-15)17-12-19(25)23(2)21-13-17/h4-6,11-15H,7-10H2,1-3H3,(H,22,26). The third-order valence-electron chi connectivity index (χ3n) is 5.14. The van der Waals surface area contributed by atoms with Crippen molar-refractivity contribution < 1.29 is 9.53 Å². The molecule has 1 N–H and O–H groups in total. The Morgan fingerprint density at radius 2 is 2.04 bits per heavy atom. The second-order valence-electron chi connectivity index (χ2n) is 6.94. The van der Waals surface area contributed by atoms with E-state index in [4.69, 9.17) is 4.74 Å². The van der Waals surface area contributed by atoms with Crippen LogP contribution >= 0.6 is 0 Å². The van der Waals surface area contributed by atoms with Gasteiger partial charge in [0.25, 0.3) is 5.56 Å². The van der Waals surface area contributed by atoms with Crippen molar-refractivity contribution in [3.8, 4) is 5.75 Å². The summed E-state index contributed by atoms with van der Waals surface area (Å²) in [5.41, 5.74) is 1.72. The van der Waals surface area contributed by atoms with Gasteiger partial charge in [-0.15, -0.1) is 0 Å². The highest BCUT2D eigenvalue weighted by Gasteiger charge is 2.26. The largest absolute Gasteiger partial charge is 0.497 e. The number of nitrogens with one attached hydrogen (secondary N) is 1. The molecule has 1 aromatic heterocycles. The number of aromatic nitrogens is 2. The number of amides is 1. The van der Waals surface area contributed by atoms with Crippen molar-refractivity contribution in [3.05, 3.63) is 52.4 Å². The van der Waals surface area contributed by atoms with Gasteiger partial charge in [0.15, 0.2) is 0 Å². The van der Waals surface area contributed by atoms with Gasteiger partial charge in [-0.25, -0.2) is 4.68 Å². The molecule has 7 heteroatoms. The fourth-order valence-corrected chi connectivity index (χ4v) is 3.36. The average molecular weight is 370 g/mol. The molecule has 1 aliphatic heterocycles. The van der Waals surface area contributed by atoms with E-state index >= 15 is 0 Å². The summed E-state index contributed by atoms with van der Waals surface area (Å²) in [5.74, 6) is 0.838. The predicted molar refractivity (Wildman–Crippen MR) is 104 cm³/mol. The molecular formula is C20H26N4O3. The smallest absolute Gasteiger partial charge is 0.268 e. The first-order valence-corrected chi connectivity index (χ1v) is 9.20. The SMILES string of the molecule is COc1cccc(C(C)NC(=O)C2CCN(c3cnn(C)c(=O)c3)CC2)c1. The quantitative estimate of drug-likeness (QED) is 0.870. The van der Waals surface area contributed by atoms with Gasteiger partial charge in [0.2, 0.25) is 5.91 Å². The first-order chi connectivity index (χ1) is 13.0. The maximum absolute atomic E-state index is 12.7. The van der Waals surface area contributed by atoms with E-state index in [0.29, 0.717) is 0 Å². The zero-order valence-corrected chi connectivity index (χ0v) is 16.0. The van der Waals surface area contributed by atoms with E-state index in [0.717, 1.165) is 42.9 Å². The molecule has 1 atom stereocenters. The summed E-state index contributed by atoms with van der Waals surface area (Å²) in [7, 11) is 3.26. The van der Waals surface area contributed by atoms with Gasteiger partial charge < -0.3 is 15.0 Å². The van der Waals surface area contributed by atoms with E-state index in [-0.39, 0.29) is 23.4 Å². The number of hydrogen-bond acceptors (Lipinski definition) is 5. The van der Waals surface area contributed by atoms with Crippen LogP contribution in [0, 0.1) is 5.92 Å². The van der Waals surface area contributed by atoms with Gasteiger partial charge in [0.1, 0.15) is 5.75 Å². The average Bonchev–Trinajstić information content (AvgIpc) is 2.70. The van der Waals surface area contributed by atoms with Gasteiger partial charge in [0, 0.05) is 32.1 Å². The van der Waals surface area contributed by atoms with E-state index in [1.807, 2.05) is 31.2 Å². The van der Waals surface area contributed by atoms with Crippen molar-refractivity contribution >= 4 is 11.6 Å². The third-order valence-corrected chi connectivity index (χ3v) is 5.14. The molecule has 0 saturated carbocycles. The van der Waals surface area contributed by atoms with Crippen molar-refractivity contribution in [2.24, 2.45) is 13.0 Å². The molecule has 0 aliphatic carbocycles. The van der Waals surface area contributed by atoms with Gasteiger partial charge in [-0.05, 0) is 37.5 Å². The number of methoxy groups -OCH3 is 1. The molecule has 1 fully saturated rings. The second kappa shape index (κ2) is 8.24. The maximum Gasteiger partial charge on any atom is 0.268 e. The lowest BCUT2D eigenvalue weighted by atomic mass is 9.95. The fourth-order valence-electron chi connectivity index (χ4n) is 3.36. The molecule has 0 bridgehead atoms. The molecule has 0 radical (unpaired) electrons. The minimum atomic E-state index is -0.125. The van der Waals surface area contributed by atoms with Crippen molar-refractivity contribution in [3.63, 3.8) is 0 Å². The summed E-state index contributed by atoms with van der Waals surface area (Å²) in [4.78, 5) is 26.5. The Morgan fingerprint density at radius 1 is 1.30 bits per heavy atom. The van der Waals surface area contributed by atoms with Crippen LogP contribution < -0.4 is 20.5 Å². The monoisotopic (exact) mass is 370 g/mol. The van der Waals surface area contributed by atoms with E-state index in [2.05, 4.69) is 15.3 Å². The van der Waals surface area contributed by atoms with Crippen LogP contribution in [0.15, 0.2) is 41.3 Å². The molecule has 1 saturated heterocycles. The molecule has 27 heavy (non-hydrogen) atoms. The molecule has 1 aromatic carbocycles. The minimum absolute atomic E-state index is 0.0196. The molecule has 3 rings (SSSR count). The molecule has 1 amide bonds. The molecule has 1 unspecified atom stereocenters. The Kier molecular flexibility index (Phi) is 5.78. The van der Waals surface area contributed by atoms with Crippen molar-refractivity contribution in [1.29, 1.82) is 0 Å². The molecule has 1 aliphatic rings. The van der Waals surface area contributed by atoms with E-state index < -0.39 is 0 Å². The first kappa shape index (κ1) is 18.9. The van der Waals surface area contributed by atoms with Crippen LogP contribution in [0.2, 0.25) is 0 Å². The Bertz CT molecular complexity index is 856. The van der Waals surface area contributed by atoms with Crippen molar-refractivity contribution in [2.45, 2.75) is 25.8 Å². The number of piperidine rings is 1. The van der Waals surface area contributed by atoms with E-state index in [1.54, 1.807) is 26.4 Å². The fraction of sp³-hybridized carbons (Fsp3) is 0.450. The zero-order chi connectivity index (χ0) is 19.4. The molecule has 144 valence electrons. The van der Waals surface area contributed by atoms with Gasteiger partial charge in [-0.2, -0.15) is 5.10 Å². The van der Waals surface area contributed by atoms with Crippen LogP contribution in [-0.4, -0.2) is 35.9 Å². The number of hydrogen-bond donors (Lipinski definition) is 1. The lowest BCUT2D eigenvalue weighted by Crippen LogP contribution is -2.41. The van der Waals surface area contributed by atoms with Gasteiger partial charge in [-0.3, -0.25) is 9.59 Å². The maximum atomic E-state index is 12.7. The van der Waals surface area contributed by atoms with Gasteiger partial charge in [0.05, 0.1) is 25.0 Å². The molecular weight excluding hydrogens is 344 g/mol. The number of benzene rings is 1. The summed E-state index contributed by atoms with van der Waals surface area (Å²) in [5, 5.41) is 7.18. The highest BCUT2D eigenvalue weighted by Crippen LogP contribution is 2.24. The normalized spacial score (nSPS) is 16.0. The summed E-state index contributed by atoms with van der Waals surface area (Å²) in [6.45, 7) is 3.45. The van der Waals surface area contributed by atoms with Crippen LogP contribution in [0.1, 0.15) is 31.4 Å². The van der Waals surface area contributed by atoms with Crippen LogP contribution in [0.3, 0.4) is 0 Å². The summed E-state index contributed by atoms with van der Waals surface area (Å²) >= 11 is 0. The number of carbonyl (C=O) groups excluding carboxylic acids is 1. The molecule has 7 nitrogen and oxygen atoms in total. The van der Waals surface area contributed by atoms with E-state index in [9.17, 15) is 9.59 Å². The number of rotatable bonds is 5. The zero-order valence-electron chi connectivity index (χ0n) is 16.0. The van der Waals surface area contributed by atoms with Crippen molar-refractivity contribution in [1.82, 2.24) is 15.1 Å². The molecule has 2 aromatic rings. The lowest BCUT2D eigenvalue weighted by Gasteiger charge is -2.33. The second-order valence-corrected chi connectivity index (χ2v) is 6.94. The number of aryl methyl sites for hydroxylation is 1. The first-order valence-electron chi connectivity index (χ1n) is 9.20. The number of nitrogens with zero attached hydrogens (tertiary/aromatic N) is 3. The molecule has 2 heterocycles. The number of carbonyl (C=O) groups is 1. The summed E-state index contributed by atoms with van der Waals surface area (Å²) < 4.78 is 6.56. The topological polar surface area (TPSA) is 76.5 Å². The van der Waals surface area contributed by atoms with Crippen LogP contribution in [0.4, 0.5) is 5.69 Å². The van der Waals surface area contributed by atoms with Crippen molar-refractivity contribution in [2.75, 3.05) is 25.1 Å². The predicted octanol–water partition coefficient (Wildman–Crippen LogP) is 1.88. The number of anilines is 1. The highest BCUT2D eigenvalue weighted by molar-refractivity contribution is 5.79. The van der Waals surface area contributed by atoms with Crippen LogP contribution in [0.25, 0.3) is 0 Å². The van der Waals surface area contributed by atoms with Crippen LogP contribution in [-0.2, 0) is 11.8 Å². The van der Waals surface area contributed by atoms with Crippen LogP contribution in [0.5, 0.6) is 5.75 Å². The minimum Gasteiger partial charge on any atom is -0.497 e. The van der Waals surface area contributed by atoms with Gasteiger partial charge in [-0.1, -0.05) is 12.1 Å². The molecule has 0 spiro atoms. The summed E-state index contributed by atoms with van der Waals surface area (Å²) in [6.07, 6.45) is 3.21. The summed E-state index contributed by atoms with van der Waals surface area (Å²) in [6, 6.07) is 9.26. The van der Waals surface area contributed by atoms with Gasteiger partial charge >= 0.3 is 0 Å². The third kappa shape index (κ3) is 4.48. The lowest BCUT2D eigenvalue weighted by molar-refractivity contribution is -0.126. The number of ether oxygens (including phenoxy) is 1. The Hall–Kier alpha value is -2.83.